The van der Waals surface area contributed by atoms with Crippen LogP contribution in [0.1, 0.15) is 41.5 Å². The van der Waals surface area contributed by atoms with E-state index in [0.29, 0.717) is 22.4 Å². The van der Waals surface area contributed by atoms with Crippen molar-refractivity contribution in [1.29, 1.82) is 0 Å². The van der Waals surface area contributed by atoms with Gasteiger partial charge < -0.3 is 9.47 Å². The van der Waals surface area contributed by atoms with Gasteiger partial charge >= 0.3 is 6.09 Å². The zero-order valence-electron chi connectivity index (χ0n) is 18.2. The van der Waals surface area contributed by atoms with Gasteiger partial charge in [0, 0.05) is 34.1 Å². The molecular formula is C24H27ClN2O3. The second-order valence-corrected chi connectivity index (χ2v) is 9.46. The average Bonchev–Trinajstić information content (AvgIpc) is 2.61. The van der Waals surface area contributed by atoms with Crippen molar-refractivity contribution in [2.45, 2.75) is 52.6 Å². The smallest absolute Gasteiger partial charge is 0.416 e. The zero-order chi connectivity index (χ0) is 22.1. The first-order valence-corrected chi connectivity index (χ1v) is 10.2. The number of carbonyl (C=O) groups excluding carboxylic acids is 1. The molecule has 0 saturated heterocycles. The minimum Gasteiger partial charge on any atom is -0.457 e. The monoisotopic (exact) mass is 426 g/mol. The van der Waals surface area contributed by atoms with Crippen LogP contribution in [0.15, 0.2) is 54.7 Å². The third-order valence-corrected chi connectivity index (χ3v) is 4.70. The first kappa shape index (κ1) is 21.9. The molecule has 3 rings (SSSR count). The Morgan fingerprint density at radius 2 is 1.47 bits per heavy atom. The van der Waals surface area contributed by atoms with Crippen molar-refractivity contribution >= 4 is 28.5 Å². The Labute approximate surface area is 182 Å². The highest BCUT2D eigenvalue weighted by atomic mass is 35.5. The number of pyridine rings is 1. The van der Waals surface area contributed by atoms with Crippen LogP contribution in [-0.2, 0) is 0 Å². The lowest BCUT2D eigenvalue weighted by atomic mass is 9.97. The molecule has 0 unspecified atom stereocenters. The fourth-order valence-electron chi connectivity index (χ4n) is 3.69. The molecule has 0 fully saturated rings. The third-order valence-electron chi connectivity index (χ3n) is 4.49. The van der Waals surface area contributed by atoms with Gasteiger partial charge in [-0.3, -0.25) is 4.90 Å². The van der Waals surface area contributed by atoms with E-state index in [1.165, 1.54) is 0 Å². The van der Waals surface area contributed by atoms with E-state index in [2.05, 4.69) is 4.98 Å². The van der Waals surface area contributed by atoms with Crippen LogP contribution in [0.3, 0.4) is 0 Å². The minimum absolute atomic E-state index is 0.354. The maximum Gasteiger partial charge on any atom is 0.416 e. The minimum atomic E-state index is -0.394. The molecular weight excluding hydrogens is 400 g/mol. The third kappa shape index (κ3) is 4.85. The molecule has 158 valence electrons. The van der Waals surface area contributed by atoms with Crippen LogP contribution in [0.4, 0.5) is 4.79 Å². The van der Waals surface area contributed by atoms with Crippen LogP contribution in [0.5, 0.6) is 17.2 Å². The normalized spacial score (nSPS) is 12.0. The van der Waals surface area contributed by atoms with Gasteiger partial charge in [0.15, 0.2) is 0 Å². The fraction of sp³-hybridized carbons (Fsp3) is 0.333. The number of fused-ring (bicyclic) bond motifs is 1. The molecule has 0 aliphatic carbocycles. The Bertz CT molecular complexity index is 1050. The van der Waals surface area contributed by atoms with E-state index < -0.39 is 17.2 Å². The zero-order valence-corrected chi connectivity index (χ0v) is 18.9. The van der Waals surface area contributed by atoms with E-state index in [9.17, 15) is 4.79 Å². The van der Waals surface area contributed by atoms with Crippen LogP contribution in [0.2, 0.25) is 5.15 Å². The van der Waals surface area contributed by atoms with Crippen LogP contribution < -0.4 is 9.47 Å². The largest absolute Gasteiger partial charge is 0.457 e. The van der Waals surface area contributed by atoms with Gasteiger partial charge in [-0.25, -0.2) is 9.78 Å². The van der Waals surface area contributed by atoms with E-state index >= 15 is 0 Å². The number of halogens is 1. The molecule has 0 bridgehead atoms. The van der Waals surface area contributed by atoms with Gasteiger partial charge in [0.1, 0.15) is 22.4 Å². The first-order chi connectivity index (χ1) is 14.0. The molecule has 0 aliphatic heterocycles. The highest BCUT2D eigenvalue weighted by Crippen LogP contribution is 2.37. The molecule has 0 aliphatic rings. The molecule has 0 atom stereocenters. The highest BCUT2D eigenvalue weighted by molar-refractivity contribution is 6.29. The lowest BCUT2D eigenvalue weighted by molar-refractivity contribution is 0.0470. The topological polar surface area (TPSA) is 51.7 Å². The van der Waals surface area contributed by atoms with Crippen molar-refractivity contribution in [1.82, 2.24) is 9.88 Å². The van der Waals surface area contributed by atoms with E-state index in [1.807, 2.05) is 65.8 Å². The number of nitrogens with zero attached hydrogens (tertiary/aromatic N) is 2. The Kier molecular flexibility index (Phi) is 5.95. The second-order valence-electron chi connectivity index (χ2n) is 9.07. The van der Waals surface area contributed by atoms with Gasteiger partial charge in [-0.15, -0.1) is 0 Å². The van der Waals surface area contributed by atoms with Gasteiger partial charge in [-0.2, -0.15) is 0 Å². The molecule has 1 amide bonds. The van der Waals surface area contributed by atoms with E-state index in [-0.39, 0.29) is 0 Å². The van der Waals surface area contributed by atoms with Crippen molar-refractivity contribution in [2.24, 2.45) is 0 Å². The maximum absolute atomic E-state index is 13.1. The molecule has 2 aromatic carbocycles. The van der Waals surface area contributed by atoms with Gasteiger partial charge in [0.2, 0.25) is 0 Å². The predicted molar refractivity (Wildman–Crippen MR) is 121 cm³/mol. The summed E-state index contributed by atoms with van der Waals surface area (Å²) in [5.41, 5.74) is -0.788. The summed E-state index contributed by atoms with van der Waals surface area (Å²) in [5, 5.41) is 1.96. The molecule has 0 radical (unpaired) electrons. The summed E-state index contributed by atoms with van der Waals surface area (Å²) in [6.07, 6.45) is 1.19. The van der Waals surface area contributed by atoms with Crippen molar-refractivity contribution in [2.75, 3.05) is 0 Å². The predicted octanol–water partition coefficient (Wildman–Crippen LogP) is 7.08. The number of carbonyl (C=O) groups is 1. The standard InChI is InChI=1S/C24H27ClN2O3/c1-23(2,3)27(24(4,5)6)22(28)30-20-12-11-19(17-9-7-8-10-18(17)20)29-16-13-14-26-21(25)15-16/h7-15H,1-6H3. The van der Waals surface area contributed by atoms with Crippen LogP contribution >= 0.6 is 11.6 Å². The summed E-state index contributed by atoms with van der Waals surface area (Å²) < 4.78 is 11.9. The summed E-state index contributed by atoms with van der Waals surface area (Å²) in [6, 6.07) is 14.6. The molecule has 5 nitrogen and oxygen atoms in total. The number of amides is 1. The summed E-state index contributed by atoms with van der Waals surface area (Å²) >= 11 is 5.96. The SMILES string of the molecule is CC(C)(C)N(C(=O)Oc1ccc(Oc2ccnc(Cl)c2)c2ccccc12)C(C)(C)C. The van der Waals surface area contributed by atoms with E-state index in [0.717, 1.165) is 10.8 Å². The van der Waals surface area contributed by atoms with Crippen LogP contribution in [0.25, 0.3) is 10.8 Å². The summed E-state index contributed by atoms with van der Waals surface area (Å²) in [4.78, 5) is 18.8. The number of rotatable bonds is 3. The first-order valence-electron chi connectivity index (χ1n) is 9.80. The number of ether oxygens (including phenoxy) is 2. The molecule has 1 heterocycles. The second kappa shape index (κ2) is 8.15. The quantitative estimate of drug-likeness (QED) is 0.420. The van der Waals surface area contributed by atoms with Gasteiger partial charge in [0.25, 0.3) is 0 Å². The Morgan fingerprint density at radius 1 is 0.900 bits per heavy atom. The number of benzene rings is 2. The van der Waals surface area contributed by atoms with Crippen molar-refractivity contribution < 1.29 is 14.3 Å². The number of hydrogen-bond acceptors (Lipinski definition) is 4. The van der Waals surface area contributed by atoms with E-state index in [1.54, 1.807) is 35.4 Å². The lowest BCUT2D eigenvalue weighted by Gasteiger charge is -2.44. The fourth-order valence-corrected chi connectivity index (χ4v) is 3.85. The molecule has 0 saturated carbocycles. The lowest BCUT2D eigenvalue weighted by Crippen LogP contribution is -2.56. The number of aromatic nitrogens is 1. The summed E-state index contributed by atoms with van der Waals surface area (Å²) in [6.45, 7) is 12.0. The Morgan fingerprint density at radius 3 is 2.03 bits per heavy atom. The van der Waals surface area contributed by atoms with Gasteiger partial charge in [-0.05, 0) is 59.7 Å². The number of hydrogen-bond donors (Lipinski definition) is 0. The van der Waals surface area contributed by atoms with Crippen molar-refractivity contribution in [3.05, 3.63) is 59.9 Å². The molecule has 6 heteroatoms. The van der Waals surface area contributed by atoms with Gasteiger partial charge in [-0.1, -0.05) is 35.9 Å². The Hall–Kier alpha value is -2.79. The van der Waals surface area contributed by atoms with Crippen LogP contribution in [0, 0.1) is 0 Å². The average molecular weight is 427 g/mol. The summed E-state index contributed by atoms with van der Waals surface area (Å²) in [5.74, 6) is 1.70. The summed E-state index contributed by atoms with van der Waals surface area (Å²) in [7, 11) is 0. The molecule has 1 aromatic heterocycles. The highest BCUT2D eigenvalue weighted by Gasteiger charge is 2.37. The maximum atomic E-state index is 13.1. The molecule has 0 N–H and O–H groups in total. The van der Waals surface area contributed by atoms with Crippen LogP contribution in [-0.4, -0.2) is 27.1 Å². The molecule has 30 heavy (non-hydrogen) atoms. The van der Waals surface area contributed by atoms with Crippen molar-refractivity contribution in [3.63, 3.8) is 0 Å². The molecule has 0 spiro atoms. The molecule has 3 aromatic rings. The Balaban J connectivity index is 1.97. The van der Waals surface area contributed by atoms with Gasteiger partial charge in [0.05, 0.1) is 0 Å². The van der Waals surface area contributed by atoms with E-state index in [4.69, 9.17) is 21.1 Å². The van der Waals surface area contributed by atoms with Crippen molar-refractivity contribution in [3.8, 4) is 17.2 Å².